The molecule has 4 aromatic heterocycles. The summed E-state index contributed by atoms with van der Waals surface area (Å²) in [5.74, 6) is -1.49. The summed E-state index contributed by atoms with van der Waals surface area (Å²) in [5.41, 5.74) is 11.3. The van der Waals surface area contributed by atoms with Gasteiger partial charge in [-0.3, -0.25) is 25.0 Å². The van der Waals surface area contributed by atoms with Crippen LogP contribution in [0.1, 0.15) is 45.7 Å². The van der Waals surface area contributed by atoms with Crippen molar-refractivity contribution in [3.8, 4) is 19.8 Å². The lowest BCUT2D eigenvalue weighted by atomic mass is 10.0. The van der Waals surface area contributed by atoms with Gasteiger partial charge in [-0.25, -0.2) is 24.4 Å². The number of hydrogen-bond donors (Lipinski definition) is 5. The van der Waals surface area contributed by atoms with Crippen molar-refractivity contribution in [3.63, 3.8) is 0 Å². The number of thiophene rings is 2. The Bertz CT molecular complexity index is 3090. The van der Waals surface area contributed by atoms with Crippen LogP contribution in [0.2, 0.25) is 0 Å². The number of non-ortho nitro benzene ring substituents is 2. The number of aliphatic carboxylic acids is 1. The van der Waals surface area contributed by atoms with Crippen molar-refractivity contribution in [1.82, 2.24) is 25.9 Å². The molecule has 0 saturated heterocycles. The number of thiazole rings is 2. The molecule has 24 heteroatoms. The minimum absolute atomic E-state index is 0. The molecular formula is C52H51BrN8O11S4. The number of benzene rings is 4. The van der Waals surface area contributed by atoms with Crippen LogP contribution in [0.15, 0.2) is 155 Å². The average Bonchev–Trinajstić information content (AvgIpc) is 4.29. The van der Waals surface area contributed by atoms with E-state index in [0.717, 1.165) is 47.7 Å². The maximum absolute atomic E-state index is 13.5. The molecule has 4 heterocycles. The summed E-state index contributed by atoms with van der Waals surface area (Å²) >= 11 is 6.28. The predicted octanol–water partition coefficient (Wildman–Crippen LogP) is 10.8. The second-order valence-electron chi connectivity index (χ2n) is 16.1. The minimum atomic E-state index is -1.09. The van der Waals surface area contributed by atoms with Gasteiger partial charge in [-0.15, -0.1) is 62.3 Å². The first-order valence-electron chi connectivity index (χ1n) is 22.7. The molecule has 4 atom stereocenters. The van der Waals surface area contributed by atoms with E-state index in [1.807, 2.05) is 94.3 Å². The van der Waals surface area contributed by atoms with Crippen molar-refractivity contribution in [3.05, 3.63) is 209 Å². The highest BCUT2D eigenvalue weighted by molar-refractivity contribution is 8.93. The Morgan fingerprint density at radius 1 is 0.566 bits per heavy atom. The molecule has 6 N–H and O–H groups in total. The monoisotopic (exact) mass is 1170 g/mol. The van der Waals surface area contributed by atoms with Gasteiger partial charge in [0.2, 0.25) is 5.91 Å². The van der Waals surface area contributed by atoms with Crippen molar-refractivity contribution in [1.29, 1.82) is 0 Å². The third kappa shape index (κ3) is 18.3. The number of nitrogens with two attached hydrogens (primary N) is 1. The molecular weight excluding hydrogens is 1120 g/mol. The molecule has 8 aromatic rings. The van der Waals surface area contributed by atoms with Crippen LogP contribution in [0.3, 0.4) is 0 Å². The van der Waals surface area contributed by atoms with Crippen molar-refractivity contribution in [2.75, 3.05) is 14.2 Å². The van der Waals surface area contributed by atoms with Gasteiger partial charge in [0, 0.05) is 47.9 Å². The number of nitrogens with zero attached hydrogens (tertiary/aromatic N) is 4. The van der Waals surface area contributed by atoms with Gasteiger partial charge in [0.1, 0.15) is 22.1 Å². The van der Waals surface area contributed by atoms with Gasteiger partial charge in [-0.1, -0.05) is 97.1 Å². The first-order chi connectivity index (χ1) is 36.2. The zero-order chi connectivity index (χ0) is 53.7. The Hall–Kier alpha value is -7.74. The zero-order valence-corrected chi connectivity index (χ0v) is 45.6. The van der Waals surface area contributed by atoms with Gasteiger partial charge in [-0.2, -0.15) is 0 Å². The van der Waals surface area contributed by atoms with E-state index in [1.165, 1.54) is 49.8 Å². The molecule has 0 bridgehead atoms. The van der Waals surface area contributed by atoms with Crippen LogP contribution in [-0.2, 0) is 44.7 Å². The molecule has 4 aromatic carbocycles. The summed E-state index contributed by atoms with van der Waals surface area (Å²) in [6.45, 7) is 0. The predicted molar refractivity (Wildman–Crippen MR) is 299 cm³/mol. The second-order valence-corrected chi connectivity index (χ2v) is 19.7. The van der Waals surface area contributed by atoms with E-state index in [-0.39, 0.29) is 47.2 Å². The third-order valence-electron chi connectivity index (χ3n) is 10.9. The number of nitrogens with one attached hydrogen (secondary N) is 3. The number of methoxy groups -OCH3 is 2. The summed E-state index contributed by atoms with van der Waals surface area (Å²) in [5, 5.41) is 48.2. The SMILES string of the molecule is Br.COC(=O)N[C@H](Cc1ccccc1)C(=O)N[C@H](Cc1ccc([N+](=O)[O-])cc1)c1csc(-c2cccs2)n1.COC(=O)N[C@H](Cc1ccccc1)C(=O)O.N[C@H](Cc1ccc([N+](=O)[O-])cc1)c1csc(-c2cccs2)n1. The highest BCUT2D eigenvalue weighted by atomic mass is 79.9. The van der Waals surface area contributed by atoms with Gasteiger partial charge in [0.05, 0.1) is 57.3 Å². The fraction of sp³-hybridized carbons (Fsp3) is 0.192. The van der Waals surface area contributed by atoms with E-state index in [0.29, 0.717) is 18.5 Å². The number of alkyl carbamates (subject to hydrolysis) is 2. The number of carboxylic acid groups (broad SMARTS) is 1. The normalized spacial score (nSPS) is 12.0. The summed E-state index contributed by atoms with van der Waals surface area (Å²) in [6, 6.07) is 36.4. The van der Waals surface area contributed by atoms with Crippen molar-refractivity contribution >= 4 is 97.8 Å². The highest BCUT2D eigenvalue weighted by Crippen LogP contribution is 2.32. The molecule has 0 fully saturated rings. The van der Waals surface area contributed by atoms with Crippen LogP contribution in [0, 0.1) is 20.2 Å². The topological polar surface area (TPSA) is 281 Å². The summed E-state index contributed by atoms with van der Waals surface area (Å²) < 4.78 is 9.09. The Labute approximate surface area is 462 Å². The summed E-state index contributed by atoms with van der Waals surface area (Å²) in [4.78, 5) is 79.6. The first-order valence-corrected chi connectivity index (χ1v) is 26.2. The van der Waals surface area contributed by atoms with Gasteiger partial charge in [-0.05, 0) is 58.0 Å². The molecule has 0 radical (unpaired) electrons. The third-order valence-corrected chi connectivity index (χ3v) is 14.7. The fourth-order valence-electron chi connectivity index (χ4n) is 7.04. The van der Waals surface area contributed by atoms with E-state index < -0.39 is 52.0 Å². The Balaban J connectivity index is 0.000000232. The van der Waals surface area contributed by atoms with Crippen molar-refractivity contribution in [2.45, 2.75) is 49.9 Å². The van der Waals surface area contributed by atoms with Crippen LogP contribution in [0.5, 0.6) is 0 Å². The van der Waals surface area contributed by atoms with Crippen molar-refractivity contribution < 1.29 is 43.6 Å². The summed E-state index contributed by atoms with van der Waals surface area (Å²) in [6.07, 6.45) is -0.00593. The van der Waals surface area contributed by atoms with Crippen LogP contribution < -0.4 is 21.7 Å². The number of hydrogen-bond acceptors (Lipinski definition) is 17. The smallest absolute Gasteiger partial charge is 0.407 e. The molecule has 0 aliphatic rings. The lowest BCUT2D eigenvalue weighted by molar-refractivity contribution is -0.385. The van der Waals surface area contributed by atoms with E-state index >= 15 is 0 Å². The molecule has 0 saturated carbocycles. The Morgan fingerprint density at radius 2 is 0.987 bits per heavy atom. The molecule has 0 aliphatic carbocycles. The van der Waals surface area contributed by atoms with E-state index in [1.54, 1.807) is 70.4 Å². The average molecular weight is 1170 g/mol. The number of amides is 3. The summed E-state index contributed by atoms with van der Waals surface area (Å²) in [7, 11) is 2.43. The Morgan fingerprint density at radius 3 is 1.42 bits per heavy atom. The number of aromatic nitrogens is 2. The van der Waals surface area contributed by atoms with Crippen LogP contribution in [0.4, 0.5) is 21.0 Å². The van der Waals surface area contributed by atoms with Gasteiger partial charge < -0.3 is 36.3 Å². The lowest BCUT2D eigenvalue weighted by Crippen LogP contribution is -2.49. The molecule has 396 valence electrons. The quantitative estimate of drug-likeness (QED) is 0.0372. The van der Waals surface area contributed by atoms with Gasteiger partial charge >= 0.3 is 18.2 Å². The zero-order valence-electron chi connectivity index (χ0n) is 40.6. The number of carboxylic acids is 1. The van der Waals surface area contributed by atoms with Crippen LogP contribution in [0.25, 0.3) is 19.8 Å². The highest BCUT2D eigenvalue weighted by Gasteiger charge is 2.27. The minimum Gasteiger partial charge on any atom is -0.480 e. The van der Waals surface area contributed by atoms with Gasteiger partial charge in [0.15, 0.2) is 0 Å². The number of ether oxygens (including phenoxy) is 2. The lowest BCUT2D eigenvalue weighted by Gasteiger charge is -2.22. The Kier molecular flexibility index (Phi) is 23.3. The second kappa shape index (κ2) is 30.0. The molecule has 19 nitrogen and oxygen atoms in total. The molecule has 3 amide bonds. The number of halogens is 1. The van der Waals surface area contributed by atoms with Crippen LogP contribution >= 0.6 is 62.3 Å². The maximum atomic E-state index is 13.5. The fourth-order valence-corrected chi connectivity index (χ4v) is 10.4. The number of nitro groups is 2. The van der Waals surface area contributed by atoms with Gasteiger partial charge in [0.25, 0.3) is 11.4 Å². The number of carbonyl (C=O) groups excluding carboxylic acids is 3. The molecule has 0 spiro atoms. The van der Waals surface area contributed by atoms with E-state index in [9.17, 15) is 39.4 Å². The van der Waals surface area contributed by atoms with E-state index in [4.69, 9.17) is 20.6 Å². The maximum Gasteiger partial charge on any atom is 0.407 e. The number of nitro benzene ring substituents is 2. The standard InChI is InChI=1S/C26H24N4O5S2.C15H13N3O2S2.C11H13NO4.BrH/c1-35-26(32)29-21(15-17-6-3-2-4-7-17)24(31)27-20(14-18-9-11-19(12-10-18)30(33)34)22-16-37-25(28-22)23-8-5-13-36-23;16-12(8-10-3-5-11(6-4-10)18(19)20)13-9-22-15(17-13)14-2-1-7-21-14;1-16-11(15)12-9(10(13)14)7-8-5-3-2-4-6-8;/h2-13,16,20-21H,14-15H2,1H3,(H,27,31)(H,29,32);1-7,9,12H,8,16H2;2-6,9H,7H2,1H3,(H,12,15)(H,13,14);1H/t20-,21-;12-;9-;/m111./s1. The van der Waals surface area contributed by atoms with Crippen molar-refractivity contribution in [2.24, 2.45) is 5.73 Å². The molecule has 0 aliphatic heterocycles. The largest absolute Gasteiger partial charge is 0.480 e. The molecule has 76 heavy (non-hydrogen) atoms. The number of carbonyl (C=O) groups is 4. The van der Waals surface area contributed by atoms with Crippen LogP contribution in [-0.4, -0.2) is 75.3 Å². The molecule has 0 unspecified atom stereocenters. The first kappa shape index (κ1) is 59.1. The molecule has 8 rings (SSSR count). The van der Waals surface area contributed by atoms with E-state index in [2.05, 4.69) is 25.7 Å². The number of rotatable bonds is 19.